The molecule has 27 heavy (non-hydrogen) atoms. The molecule has 3 aromatic rings. The maximum atomic E-state index is 12.4. The molecule has 0 spiro atoms. The highest BCUT2D eigenvalue weighted by Gasteiger charge is 2.23. The minimum absolute atomic E-state index is 0.00502. The van der Waals surface area contributed by atoms with E-state index in [1.165, 1.54) is 24.3 Å². The topological polar surface area (TPSA) is 118 Å². The molecule has 0 fully saturated rings. The molecule has 0 aliphatic carbocycles. The van der Waals surface area contributed by atoms with E-state index in [9.17, 15) is 19.7 Å². The van der Waals surface area contributed by atoms with Crippen molar-refractivity contribution in [2.24, 2.45) is 5.41 Å². The first kappa shape index (κ1) is 18.2. The Kier molecular flexibility index (Phi) is 4.49. The van der Waals surface area contributed by atoms with E-state index < -0.39 is 16.2 Å². The average Bonchev–Trinajstić information content (AvgIpc) is 3.01. The van der Waals surface area contributed by atoms with Crippen molar-refractivity contribution in [2.75, 3.05) is 5.32 Å². The number of benzene rings is 2. The molecule has 0 unspecified atom stereocenters. The lowest BCUT2D eigenvalue weighted by Crippen LogP contribution is -2.19. The van der Waals surface area contributed by atoms with Crippen LogP contribution < -0.4 is 5.32 Å². The van der Waals surface area contributed by atoms with Gasteiger partial charge < -0.3 is 4.98 Å². The Morgan fingerprint density at radius 2 is 1.85 bits per heavy atom. The number of aromatic amines is 1. The Balaban J connectivity index is 1.85. The van der Waals surface area contributed by atoms with E-state index in [4.69, 9.17) is 0 Å². The van der Waals surface area contributed by atoms with Crippen LogP contribution >= 0.6 is 0 Å². The molecule has 1 amide bonds. The second kappa shape index (κ2) is 6.64. The summed E-state index contributed by atoms with van der Waals surface area (Å²) in [5, 5.41) is 13.4. The van der Waals surface area contributed by atoms with Gasteiger partial charge in [0.15, 0.2) is 5.78 Å². The summed E-state index contributed by atoms with van der Waals surface area (Å²) < 4.78 is 0. The number of ketones is 1. The fourth-order valence-corrected chi connectivity index (χ4v) is 2.58. The Bertz CT molecular complexity index is 1060. The standard InChI is InChI=1S/C19H18N4O4/c1-19(2,3)16(24)11-7-8-14-15(10-11)21-18(20-14)22-17(25)12-5-4-6-13(9-12)23(26)27/h4-10H,1-3H3,(H2,20,21,22,25). The van der Waals surface area contributed by atoms with Crippen molar-refractivity contribution in [2.45, 2.75) is 20.8 Å². The number of imidazole rings is 1. The number of H-pyrrole nitrogens is 1. The van der Waals surface area contributed by atoms with Crippen LogP contribution in [0.15, 0.2) is 42.5 Å². The van der Waals surface area contributed by atoms with E-state index in [0.29, 0.717) is 16.6 Å². The summed E-state index contributed by atoms with van der Waals surface area (Å²) in [6, 6.07) is 10.5. The van der Waals surface area contributed by atoms with Crippen LogP contribution in [0.5, 0.6) is 0 Å². The minimum Gasteiger partial charge on any atom is -0.324 e. The number of Topliss-reactive ketones (excluding diaryl/α,β-unsaturated/α-hetero) is 1. The molecular formula is C19H18N4O4. The fraction of sp³-hybridized carbons (Fsp3) is 0.211. The number of nitro groups is 1. The number of non-ortho nitro benzene ring substituents is 1. The largest absolute Gasteiger partial charge is 0.324 e. The fourth-order valence-electron chi connectivity index (χ4n) is 2.58. The van der Waals surface area contributed by atoms with Gasteiger partial charge in [-0.3, -0.25) is 25.0 Å². The first-order valence-electron chi connectivity index (χ1n) is 8.25. The van der Waals surface area contributed by atoms with Crippen LogP contribution in [0.4, 0.5) is 11.6 Å². The summed E-state index contributed by atoms with van der Waals surface area (Å²) in [5.41, 5.74) is 1.21. The predicted molar refractivity (Wildman–Crippen MR) is 101 cm³/mol. The SMILES string of the molecule is CC(C)(C)C(=O)c1ccc2[nH]c(NC(=O)c3cccc([N+](=O)[O-])c3)nc2c1. The lowest BCUT2D eigenvalue weighted by atomic mass is 9.86. The van der Waals surface area contributed by atoms with Crippen LogP contribution in [0.2, 0.25) is 0 Å². The molecule has 0 radical (unpaired) electrons. The third-order valence-corrected chi connectivity index (χ3v) is 3.98. The summed E-state index contributed by atoms with van der Waals surface area (Å²) in [4.78, 5) is 42.2. The third-order valence-electron chi connectivity index (χ3n) is 3.98. The van der Waals surface area contributed by atoms with Crippen molar-refractivity contribution in [1.29, 1.82) is 0 Å². The Hall–Kier alpha value is -3.55. The highest BCUT2D eigenvalue weighted by molar-refractivity contribution is 6.05. The zero-order valence-corrected chi connectivity index (χ0v) is 15.1. The van der Waals surface area contributed by atoms with Crippen LogP contribution in [-0.2, 0) is 0 Å². The number of carbonyl (C=O) groups excluding carboxylic acids is 2. The van der Waals surface area contributed by atoms with Crippen molar-refractivity contribution in [3.8, 4) is 0 Å². The van der Waals surface area contributed by atoms with Crippen molar-refractivity contribution < 1.29 is 14.5 Å². The van der Waals surface area contributed by atoms with Gasteiger partial charge in [0.25, 0.3) is 11.6 Å². The quantitative estimate of drug-likeness (QED) is 0.412. The Labute approximate surface area is 154 Å². The monoisotopic (exact) mass is 366 g/mol. The smallest absolute Gasteiger partial charge is 0.270 e. The lowest BCUT2D eigenvalue weighted by molar-refractivity contribution is -0.384. The number of nitro benzene ring substituents is 1. The van der Waals surface area contributed by atoms with Crippen LogP contribution in [0, 0.1) is 15.5 Å². The van der Waals surface area contributed by atoms with E-state index in [1.807, 2.05) is 20.8 Å². The lowest BCUT2D eigenvalue weighted by Gasteiger charge is -2.16. The molecule has 2 N–H and O–H groups in total. The van der Waals surface area contributed by atoms with Crippen molar-refractivity contribution in [3.05, 3.63) is 63.7 Å². The van der Waals surface area contributed by atoms with E-state index in [-0.39, 0.29) is 23.0 Å². The molecule has 0 saturated carbocycles. The molecule has 138 valence electrons. The normalized spacial score (nSPS) is 11.4. The van der Waals surface area contributed by atoms with Gasteiger partial charge in [-0.25, -0.2) is 4.98 Å². The Morgan fingerprint density at radius 1 is 1.11 bits per heavy atom. The van der Waals surface area contributed by atoms with E-state index in [0.717, 1.165) is 0 Å². The molecule has 0 bridgehead atoms. The number of hydrogen-bond acceptors (Lipinski definition) is 5. The molecule has 1 heterocycles. The van der Waals surface area contributed by atoms with Crippen molar-refractivity contribution >= 4 is 34.4 Å². The molecule has 8 heteroatoms. The molecule has 8 nitrogen and oxygen atoms in total. The number of fused-ring (bicyclic) bond motifs is 1. The maximum Gasteiger partial charge on any atom is 0.270 e. The number of aromatic nitrogens is 2. The van der Waals surface area contributed by atoms with Gasteiger partial charge in [0.2, 0.25) is 5.95 Å². The molecule has 0 aliphatic rings. The number of hydrogen-bond donors (Lipinski definition) is 2. The average molecular weight is 366 g/mol. The molecular weight excluding hydrogens is 348 g/mol. The van der Waals surface area contributed by atoms with Crippen molar-refractivity contribution in [1.82, 2.24) is 9.97 Å². The van der Waals surface area contributed by atoms with Gasteiger partial charge in [0, 0.05) is 28.7 Å². The minimum atomic E-state index is -0.564. The molecule has 0 saturated heterocycles. The van der Waals surface area contributed by atoms with Gasteiger partial charge in [-0.2, -0.15) is 0 Å². The van der Waals surface area contributed by atoms with Gasteiger partial charge in [0.1, 0.15) is 0 Å². The molecule has 2 aromatic carbocycles. The van der Waals surface area contributed by atoms with E-state index in [1.54, 1.807) is 18.2 Å². The van der Waals surface area contributed by atoms with Crippen molar-refractivity contribution in [3.63, 3.8) is 0 Å². The number of amides is 1. The predicted octanol–water partition coefficient (Wildman–Crippen LogP) is 3.95. The summed E-state index contributed by atoms with van der Waals surface area (Å²) in [6.45, 7) is 5.53. The maximum absolute atomic E-state index is 12.4. The number of rotatable bonds is 4. The second-order valence-corrected chi connectivity index (χ2v) is 7.16. The third kappa shape index (κ3) is 3.84. The summed E-state index contributed by atoms with van der Waals surface area (Å²) in [7, 11) is 0. The van der Waals surface area contributed by atoms with E-state index in [2.05, 4.69) is 15.3 Å². The summed E-state index contributed by atoms with van der Waals surface area (Å²) in [5.74, 6) is -0.333. The van der Waals surface area contributed by atoms with Gasteiger partial charge in [-0.05, 0) is 24.3 Å². The number of anilines is 1. The molecule has 3 rings (SSSR count). The van der Waals surface area contributed by atoms with Crippen LogP contribution in [-0.4, -0.2) is 26.6 Å². The van der Waals surface area contributed by atoms with Crippen LogP contribution in [0.1, 0.15) is 41.5 Å². The first-order valence-corrected chi connectivity index (χ1v) is 8.25. The van der Waals surface area contributed by atoms with Crippen LogP contribution in [0.3, 0.4) is 0 Å². The molecule has 1 aromatic heterocycles. The van der Waals surface area contributed by atoms with Gasteiger partial charge >= 0.3 is 0 Å². The van der Waals surface area contributed by atoms with E-state index >= 15 is 0 Å². The zero-order valence-electron chi connectivity index (χ0n) is 15.1. The van der Waals surface area contributed by atoms with Crippen LogP contribution in [0.25, 0.3) is 11.0 Å². The number of nitrogens with one attached hydrogen (secondary N) is 2. The Morgan fingerprint density at radius 3 is 2.52 bits per heavy atom. The zero-order chi connectivity index (χ0) is 19.8. The second-order valence-electron chi connectivity index (χ2n) is 7.16. The van der Waals surface area contributed by atoms with Gasteiger partial charge in [0.05, 0.1) is 16.0 Å². The highest BCUT2D eigenvalue weighted by Crippen LogP contribution is 2.24. The molecule has 0 aliphatic heterocycles. The number of carbonyl (C=O) groups is 2. The van der Waals surface area contributed by atoms with Gasteiger partial charge in [-0.15, -0.1) is 0 Å². The summed E-state index contributed by atoms with van der Waals surface area (Å²) in [6.07, 6.45) is 0. The summed E-state index contributed by atoms with van der Waals surface area (Å²) >= 11 is 0. The number of nitrogens with zero attached hydrogens (tertiary/aromatic N) is 2. The molecule has 0 atom stereocenters. The first-order chi connectivity index (χ1) is 12.6. The van der Waals surface area contributed by atoms with Gasteiger partial charge in [-0.1, -0.05) is 26.8 Å². The highest BCUT2D eigenvalue weighted by atomic mass is 16.6.